The predicted molar refractivity (Wildman–Crippen MR) is 148 cm³/mol. The lowest BCUT2D eigenvalue weighted by atomic mass is 9.60. The van der Waals surface area contributed by atoms with E-state index in [1.165, 1.54) is 18.4 Å². The number of aliphatic hydroxyl groups excluding tert-OH is 3. The quantitative estimate of drug-likeness (QED) is 0.232. The maximum Gasteiger partial charge on any atom is 0.334 e. The highest BCUT2D eigenvalue weighted by Gasteiger charge is 2.53. The predicted octanol–water partition coefficient (Wildman–Crippen LogP) is 5.04. The number of carbonyl (C=O) groups is 1. The molecule has 6 nitrogen and oxygen atoms in total. The molecule has 0 aromatic heterocycles. The van der Waals surface area contributed by atoms with Crippen molar-refractivity contribution < 1.29 is 29.6 Å². The lowest BCUT2D eigenvalue weighted by Gasteiger charge is -2.45. The summed E-state index contributed by atoms with van der Waals surface area (Å²) in [5, 5.41) is 30.4. The molecule has 6 heteroatoms. The number of fused-ring (bicyclic) bond motifs is 1. The van der Waals surface area contributed by atoms with Gasteiger partial charge in [0.25, 0.3) is 0 Å². The van der Waals surface area contributed by atoms with Crippen molar-refractivity contribution >= 4 is 5.97 Å². The Hall–Kier alpha value is -1.73. The van der Waals surface area contributed by atoms with E-state index in [0.29, 0.717) is 48.3 Å². The molecule has 0 aromatic rings. The van der Waals surface area contributed by atoms with E-state index in [1.807, 2.05) is 0 Å². The summed E-state index contributed by atoms with van der Waals surface area (Å²) in [6.45, 7) is 17.3. The van der Waals surface area contributed by atoms with Gasteiger partial charge in [-0.1, -0.05) is 58.6 Å². The minimum atomic E-state index is -0.958. The molecule has 8 atom stereocenters. The summed E-state index contributed by atoms with van der Waals surface area (Å²) in [6, 6.07) is 0. The highest BCUT2D eigenvalue weighted by molar-refractivity contribution is 5.91. The van der Waals surface area contributed by atoms with Gasteiger partial charge in [-0.2, -0.15) is 0 Å². The van der Waals surface area contributed by atoms with E-state index in [2.05, 4.69) is 53.0 Å². The van der Waals surface area contributed by atoms with Crippen LogP contribution in [0, 0.1) is 28.6 Å². The number of allylic oxidation sites excluding steroid dienone is 3. The van der Waals surface area contributed by atoms with Crippen molar-refractivity contribution in [2.45, 2.75) is 103 Å². The number of esters is 1. The average molecular weight is 529 g/mol. The zero-order chi connectivity index (χ0) is 27.8. The standard InChI is InChI=1S/C32H48O6/c1-19(17-27-31(4,5)21(3)30(36)38-27)24-12-13-25-22(9-7-14-32(24,25)6)10-11-23-18-26(34)29(28(35)20(23)2)37-16-8-15-33/h10-11,19,24-29,33-35H,2-3,7-9,12-18H2,1,4-6H3/b22-10+,23-11-/t19-,24-,25+,26-,27+,28-,29+,32-/m1/s1. The summed E-state index contributed by atoms with van der Waals surface area (Å²) in [4.78, 5) is 12.2. The fourth-order valence-corrected chi connectivity index (χ4v) is 7.80. The molecule has 212 valence electrons. The van der Waals surface area contributed by atoms with Crippen LogP contribution in [-0.4, -0.2) is 58.9 Å². The topological polar surface area (TPSA) is 96.2 Å². The first-order valence-corrected chi connectivity index (χ1v) is 14.5. The Morgan fingerprint density at radius 3 is 2.58 bits per heavy atom. The van der Waals surface area contributed by atoms with Crippen molar-refractivity contribution in [2.24, 2.45) is 28.6 Å². The van der Waals surface area contributed by atoms with Crippen LogP contribution in [0.3, 0.4) is 0 Å². The third-order valence-corrected chi connectivity index (χ3v) is 10.4. The Balaban J connectivity index is 1.45. The molecule has 3 N–H and O–H groups in total. The molecule has 3 aliphatic carbocycles. The second kappa shape index (κ2) is 11.4. The summed E-state index contributed by atoms with van der Waals surface area (Å²) in [5.41, 5.74) is 3.41. The van der Waals surface area contributed by atoms with Crippen LogP contribution in [0.1, 0.15) is 79.1 Å². The highest BCUT2D eigenvalue weighted by Crippen LogP contribution is 2.60. The lowest BCUT2D eigenvalue weighted by Crippen LogP contribution is -2.45. The molecule has 4 rings (SSSR count). The van der Waals surface area contributed by atoms with Gasteiger partial charge in [0.15, 0.2) is 0 Å². The first-order valence-electron chi connectivity index (χ1n) is 14.5. The molecule has 4 aliphatic rings. The normalized spacial score (nSPS) is 40.0. The fourth-order valence-electron chi connectivity index (χ4n) is 7.80. The van der Waals surface area contributed by atoms with E-state index in [0.717, 1.165) is 31.3 Å². The van der Waals surface area contributed by atoms with Crippen molar-refractivity contribution in [3.05, 3.63) is 47.6 Å². The minimum Gasteiger partial charge on any atom is -0.458 e. The molecular weight excluding hydrogens is 480 g/mol. The molecule has 0 radical (unpaired) electrons. The van der Waals surface area contributed by atoms with Crippen LogP contribution in [-0.2, 0) is 14.3 Å². The Morgan fingerprint density at radius 1 is 1.18 bits per heavy atom. The molecule has 0 aromatic carbocycles. The summed E-state index contributed by atoms with van der Waals surface area (Å²) in [6.07, 6.45) is 9.19. The fraction of sp³-hybridized carbons (Fsp3) is 0.719. The number of carbonyl (C=O) groups excluding carboxylic acids is 1. The van der Waals surface area contributed by atoms with Gasteiger partial charge < -0.3 is 24.8 Å². The first-order chi connectivity index (χ1) is 17.9. The molecule has 1 saturated heterocycles. The van der Waals surface area contributed by atoms with Gasteiger partial charge in [-0.05, 0) is 79.3 Å². The molecule has 1 heterocycles. The van der Waals surface area contributed by atoms with Gasteiger partial charge in [-0.25, -0.2) is 4.79 Å². The third-order valence-electron chi connectivity index (χ3n) is 10.4. The van der Waals surface area contributed by atoms with Gasteiger partial charge in [0, 0.05) is 30.6 Å². The summed E-state index contributed by atoms with van der Waals surface area (Å²) in [5.74, 6) is 1.27. The van der Waals surface area contributed by atoms with Crippen molar-refractivity contribution in [3.63, 3.8) is 0 Å². The zero-order valence-corrected chi connectivity index (χ0v) is 23.7. The van der Waals surface area contributed by atoms with Crippen LogP contribution in [0.4, 0.5) is 0 Å². The number of hydrogen-bond donors (Lipinski definition) is 3. The molecule has 0 unspecified atom stereocenters. The smallest absolute Gasteiger partial charge is 0.334 e. The monoisotopic (exact) mass is 528 g/mol. The highest BCUT2D eigenvalue weighted by atomic mass is 16.6. The van der Waals surface area contributed by atoms with Crippen LogP contribution in [0.25, 0.3) is 0 Å². The van der Waals surface area contributed by atoms with Crippen molar-refractivity contribution in [2.75, 3.05) is 13.2 Å². The van der Waals surface area contributed by atoms with Gasteiger partial charge in [0.05, 0.1) is 6.10 Å². The van der Waals surface area contributed by atoms with Gasteiger partial charge in [-0.15, -0.1) is 0 Å². The molecule has 3 saturated carbocycles. The van der Waals surface area contributed by atoms with Gasteiger partial charge in [0.1, 0.15) is 18.3 Å². The number of ether oxygens (including phenoxy) is 2. The second-order valence-electron chi connectivity index (χ2n) is 13.0. The largest absolute Gasteiger partial charge is 0.458 e. The molecule has 1 aliphatic heterocycles. The molecule has 0 amide bonds. The van der Waals surface area contributed by atoms with Crippen molar-refractivity contribution in [3.8, 4) is 0 Å². The number of hydrogen-bond acceptors (Lipinski definition) is 6. The summed E-state index contributed by atoms with van der Waals surface area (Å²) < 4.78 is 11.4. The Morgan fingerprint density at radius 2 is 1.92 bits per heavy atom. The van der Waals surface area contributed by atoms with Crippen LogP contribution >= 0.6 is 0 Å². The molecular formula is C32H48O6. The van der Waals surface area contributed by atoms with E-state index >= 15 is 0 Å². The van der Waals surface area contributed by atoms with E-state index in [1.54, 1.807) is 0 Å². The average Bonchev–Trinajstić information content (AvgIpc) is 3.32. The van der Waals surface area contributed by atoms with Crippen LogP contribution < -0.4 is 0 Å². The number of cyclic esters (lactones) is 1. The van der Waals surface area contributed by atoms with E-state index in [9.17, 15) is 15.0 Å². The minimum absolute atomic E-state index is 0.0140. The summed E-state index contributed by atoms with van der Waals surface area (Å²) in [7, 11) is 0. The Kier molecular flexibility index (Phi) is 8.78. The van der Waals surface area contributed by atoms with Crippen LogP contribution in [0.2, 0.25) is 0 Å². The Bertz CT molecular complexity index is 992. The maximum absolute atomic E-state index is 12.2. The van der Waals surface area contributed by atoms with Gasteiger partial charge in [0.2, 0.25) is 0 Å². The maximum atomic E-state index is 12.2. The van der Waals surface area contributed by atoms with Crippen molar-refractivity contribution in [1.29, 1.82) is 0 Å². The van der Waals surface area contributed by atoms with E-state index < -0.39 is 18.3 Å². The Labute approximate surface area is 228 Å². The number of rotatable bonds is 8. The van der Waals surface area contributed by atoms with E-state index in [-0.39, 0.29) is 29.5 Å². The van der Waals surface area contributed by atoms with Gasteiger partial charge >= 0.3 is 5.97 Å². The van der Waals surface area contributed by atoms with Crippen LogP contribution in [0.15, 0.2) is 47.6 Å². The second-order valence-corrected chi connectivity index (χ2v) is 13.0. The summed E-state index contributed by atoms with van der Waals surface area (Å²) >= 11 is 0. The molecule has 38 heavy (non-hydrogen) atoms. The van der Waals surface area contributed by atoms with Gasteiger partial charge in [-0.3, -0.25) is 0 Å². The third kappa shape index (κ3) is 5.34. The van der Waals surface area contributed by atoms with Crippen molar-refractivity contribution in [1.82, 2.24) is 0 Å². The molecule has 4 fully saturated rings. The van der Waals surface area contributed by atoms with E-state index in [4.69, 9.17) is 14.6 Å². The zero-order valence-electron chi connectivity index (χ0n) is 23.7. The SMILES string of the molecule is C=C1/C(=C\C=C2/CCC[C@]3(C)[C@@H]([C@H](C)C[C@@H]4OC(=O)C(=C)C4(C)C)CC[C@@H]23)C[C@@H](O)[C@H](OCCCO)[C@@H]1O. The van der Waals surface area contributed by atoms with Crippen LogP contribution in [0.5, 0.6) is 0 Å². The number of aliphatic hydroxyl groups is 3. The lowest BCUT2D eigenvalue weighted by molar-refractivity contribution is -0.140. The molecule has 0 bridgehead atoms. The molecule has 0 spiro atoms. The first kappa shape index (κ1) is 29.3.